The Labute approximate surface area is 135 Å². The first-order valence-electron chi connectivity index (χ1n) is 8.19. The van der Waals surface area contributed by atoms with E-state index in [1.54, 1.807) is 0 Å². The lowest BCUT2D eigenvalue weighted by Gasteiger charge is -2.39. The lowest BCUT2D eigenvalue weighted by molar-refractivity contribution is -0.148. The second-order valence-corrected chi connectivity index (χ2v) is 6.46. The van der Waals surface area contributed by atoms with Crippen molar-refractivity contribution in [2.45, 2.75) is 38.9 Å². The summed E-state index contributed by atoms with van der Waals surface area (Å²) in [6, 6.07) is 0. The van der Waals surface area contributed by atoms with Gasteiger partial charge in [-0.2, -0.15) is 0 Å². The average molecular weight is 322 g/mol. The van der Waals surface area contributed by atoms with Crippen LogP contribution in [0.3, 0.4) is 0 Å². The van der Waals surface area contributed by atoms with Crippen LogP contribution in [0.25, 0.3) is 0 Å². The Morgan fingerprint density at radius 1 is 1.17 bits per heavy atom. The topological polar surface area (TPSA) is 58.6 Å². The standard InChI is InChI=1S/C16H23FN4O2/c1-11-9-21(10-12(2)23-11)15(22)13-3-5-20(6-4-13)16-18-7-14(17)8-19-16/h7-8,11-13H,3-6,9-10H2,1-2H3. The monoisotopic (exact) mass is 322 g/mol. The van der Waals surface area contributed by atoms with Gasteiger partial charge in [0.15, 0.2) is 5.82 Å². The molecule has 3 rings (SSSR count). The van der Waals surface area contributed by atoms with E-state index in [2.05, 4.69) is 9.97 Å². The molecule has 126 valence electrons. The lowest BCUT2D eigenvalue weighted by Crippen LogP contribution is -2.51. The van der Waals surface area contributed by atoms with Gasteiger partial charge >= 0.3 is 0 Å². The number of ether oxygens (including phenoxy) is 1. The number of rotatable bonds is 2. The molecule has 2 saturated heterocycles. The number of halogens is 1. The van der Waals surface area contributed by atoms with Crippen LogP contribution in [-0.2, 0) is 9.53 Å². The van der Waals surface area contributed by atoms with Gasteiger partial charge in [0, 0.05) is 32.1 Å². The number of carbonyl (C=O) groups excluding carboxylic acids is 1. The molecule has 2 aliphatic heterocycles. The number of nitrogens with zero attached hydrogens (tertiary/aromatic N) is 4. The van der Waals surface area contributed by atoms with E-state index in [1.807, 2.05) is 23.6 Å². The molecule has 0 saturated carbocycles. The van der Waals surface area contributed by atoms with Gasteiger partial charge < -0.3 is 14.5 Å². The predicted molar refractivity (Wildman–Crippen MR) is 83.5 cm³/mol. The molecule has 6 nitrogen and oxygen atoms in total. The maximum absolute atomic E-state index is 12.9. The van der Waals surface area contributed by atoms with Crippen molar-refractivity contribution in [1.29, 1.82) is 0 Å². The summed E-state index contributed by atoms with van der Waals surface area (Å²) in [5.41, 5.74) is 0. The Morgan fingerprint density at radius 2 is 1.74 bits per heavy atom. The molecular weight excluding hydrogens is 299 g/mol. The lowest BCUT2D eigenvalue weighted by atomic mass is 9.95. The normalized spacial score (nSPS) is 26.4. The third kappa shape index (κ3) is 3.77. The summed E-state index contributed by atoms with van der Waals surface area (Å²) in [4.78, 5) is 24.7. The van der Waals surface area contributed by atoms with Gasteiger partial charge in [-0.15, -0.1) is 0 Å². The summed E-state index contributed by atoms with van der Waals surface area (Å²) in [6.45, 7) is 6.79. The van der Waals surface area contributed by atoms with E-state index >= 15 is 0 Å². The first kappa shape index (κ1) is 16.1. The van der Waals surface area contributed by atoms with Crippen LogP contribution in [-0.4, -0.2) is 59.2 Å². The minimum atomic E-state index is -0.436. The van der Waals surface area contributed by atoms with Gasteiger partial charge in [-0.25, -0.2) is 14.4 Å². The molecule has 0 bridgehead atoms. The SMILES string of the molecule is CC1CN(C(=O)C2CCN(c3ncc(F)cn3)CC2)CC(C)O1. The zero-order chi connectivity index (χ0) is 16.4. The summed E-state index contributed by atoms with van der Waals surface area (Å²) in [5, 5.41) is 0. The molecule has 2 fully saturated rings. The Bertz CT molecular complexity index is 536. The number of anilines is 1. The summed E-state index contributed by atoms with van der Waals surface area (Å²) in [7, 11) is 0. The van der Waals surface area contributed by atoms with Gasteiger partial charge in [-0.3, -0.25) is 4.79 Å². The van der Waals surface area contributed by atoms with Crippen LogP contribution in [0.4, 0.5) is 10.3 Å². The van der Waals surface area contributed by atoms with E-state index in [0.29, 0.717) is 19.0 Å². The van der Waals surface area contributed by atoms with Gasteiger partial charge in [0.1, 0.15) is 0 Å². The van der Waals surface area contributed by atoms with Crippen molar-refractivity contribution in [2.24, 2.45) is 5.92 Å². The molecular formula is C16H23FN4O2. The molecule has 0 aromatic carbocycles. The molecule has 7 heteroatoms. The zero-order valence-electron chi connectivity index (χ0n) is 13.6. The van der Waals surface area contributed by atoms with E-state index in [0.717, 1.165) is 25.9 Å². The molecule has 1 aromatic heterocycles. The van der Waals surface area contributed by atoms with Gasteiger partial charge in [0.25, 0.3) is 0 Å². The zero-order valence-corrected chi connectivity index (χ0v) is 13.6. The number of piperidine rings is 1. The quantitative estimate of drug-likeness (QED) is 0.825. The number of amides is 1. The van der Waals surface area contributed by atoms with E-state index in [1.165, 1.54) is 12.4 Å². The molecule has 0 N–H and O–H groups in total. The van der Waals surface area contributed by atoms with Gasteiger partial charge in [0.2, 0.25) is 11.9 Å². The molecule has 1 aromatic rings. The number of carbonyl (C=O) groups is 1. The largest absolute Gasteiger partial charge is 0.372 e. The Balaban J connectivity index is 1.56. The molecule has 2 aliphatic rings. The highest BCUT2D eigenvalue weighted by molar-refractivity contribution is 5.79. The van der Waals surface area contributed by atoms with Crippen LogP contribution in [0.15, 0.2) is 12.4 Å². The van der Waals surface area contributed by atoms with E-state index < -0.39 is 5.82 Å². The van der Waals surface area contributed by atoms with Gasteiger partial charge in [-0.05, 0) is 26.7 Å². The van der Waals surface area contributed by atoms with Crippen LogP contribution in [0.1, 0.15) is 26.7 Å². The fraction of sp³-hybridized carbons (Fsp3) is 0.688. The van der Waals surface area contributed by atoms with Crippen LogP contribution < -0.4 is 4.90 Å². The second-order valence-electron chi connectivity index (χ2n) is 6.46. The van der Waals surface area contributed by atoms with Crippen LogP contribution in [0.2, 0.25) is 0 Å². The molecule has 1 amide bonds. The minimum absolute atomic E-state index is 0.0456. The number of hydrogen-bond donors (Lipinski definition) is 0. The summed E-state index contributed by atoms with van der Waals surface area (Å²) < 4.78 is 18.6. The van der Waals surface area contributed by atoms with Crippen molar-refractivity contribution in [3.8, 4) is 0 Å². The predicted octanol–water partition coefficient (Wildman–Crippen LogP) is 1.47. The van der Waals surface area contributed by atoms with Gasteiger partial charge in [0.05, 0.1) is 24.6 Å². The molecule has 0 aliphatic carbocycles. The molecule has 2 unspecified atom stereocenters. The number of hydrogen-bond acceptors (Lipinski definition) is 5. The van der Waals surface area contributed by atoms with Crippen molar-refractivity contribution >= 4 is 11.9 Å². The Morgan fingerprint density at radius 3 is 2.30 bits per heavy atom. The number of aromatic nitrogens is 2. The first-order valence-corrected chi connectivity index (χ1v) is 8.19. The smallest absolute Gasteiger partial charge is 0.225 e. The van der Waals surface area contributed by atoms with Crippen molar-refractivity contribution in [3.05, 3.63) is 18.2 Å². The highest BCUT2D eigenvalue weighted by Crippen LogP contribution is 2.24. The fourth-order valence-electron chi connectivity index (χ4n) is 3.41. The van der Waals surface area contributed by atoms with Gasteiger partial charge in [-0.1, -0.05) is 0 Å². The van der Waals surface area contributed by atoms with Crippen molar-refractivity contribution in [1.82, 2.24) is 14.9 Å². The van der Waals surface area contributed by atoms with E-state index in [9.17, 15) is 9.18 Å². The molecule has 23 heavy (non-hydrogen) atoms. The maximum Gasteiger partial charge on any atom is 0.225 e. The Kier molecular flexibility index (Phi) is 4.75. The van der Waals surface area contributed by atoms with Crippen LogP contribution in [0.5, 0.6) is 0 Å². The van der Waals surface area contributed by atoms with Crippen molar-refractivity contribution < 1.29 is 13.9 Å². The van der Waals surface area contributed by atoms with Crippen molar-refractivity contribution in [2.75, 3.05) is 31.1 Å². The summed E-state index contributed by atoms with van der Waals surface area (Å²) in [5.74, 6) is 0.371. The summed E-state index contributed by atoms with van der Waals surface area (Å²) in [6.07, 6.45) is 4.09. The molecule has 3 heterocycles. The molecule has 2 atom stereocenters. The molecule has 0 radical (unpaired) electrons. The highest BCUT2D eigenvalue weighted by atomic mass is 19.1. The second kappa shape index (κ2) is 6.78. The molecule has 0 spiro atoms. The minimum Gasteiger partial charge on any atom is -0.372 e. The van der Waals surface area contributed by atoms with Crippen LogP contribution >= 0.6 is 0 Å². The van der Waals surface area contributed by atoms with Crippen LogP contribution in [0, 0.1) is 11.7 Å². The maximum atomic E-state index is 12.9. The Hall–Kier alpha value is -1.76. The summed E-state index contributed by atoms with van der Waals surface area (Å²) >= 11 is 0. The first-order chi connectivity index (χ1) is 11.0. The van der Waals surface area contributed by atoms with Crippen molar-refractivity contribution in [3.63, 3.8) is 0 Å². The van der Waals surface area contributed by atoms with E-state index in [-0.39, 0.29) is 24.0 Å². The third-order valence-corrected chi connectivity index (χ3v) is 4.47. The number of morpholine rings is 1. The average Bonchev–Trinajstić information content (AvgIpc) is 2.54. The highest BCUT2D eigenvalue weighted by Gasteiger charge is 2.33. The van der Waals surface area contributed by atoms with E-state index in [4.69, 9.17) is 4.74 Å². The third-order valence-electron chi connectivity index (χ3n) is 4.47. The fourth-order valence-corrected chi connectivity index (χ4v) is 3.41.